The molecule has 0 aliphatic rings. The Labute approximate surface area is 149 Å². The van der Waals surface area contributed by atoms with Crippen LogP contribution in [0.2, 0.25) is 5.02 Å². The first-order chi connectivity index (χ1) is 11.9. The standard InChI is InChI=1S/C18H16ClN3O3/c1-3-25-18(24)22-14-9-11(19)7-8-12(14)15(20)16(22)17(23)13-6-4-5-10(2)21-13/h4-9H,3,20H2,1-2H3. The van der Waals surface area contributed by atoms with Crippen molar-refractivity contribution in [2.75, 3.05) is 12.3 Å². The highest BCUT2D eigenvalue weighted by atomic mass is 35.5. The lowest BCUT2D eigenvalue weighted by Gasteiger charge is -2.09. The third kappa shape index (κ3) is 2.96. The Balaban J connectivity index is 2.29. The van der Waals surface area contributed by atoms with Gasteiger partial charge in [0.15, 0.2) is 0 Å². The van der Waals surface area contributed by atoms with Gasteiger partial charge in [-0.2, -0.15) is 0 Å². The highest BCUT2D eigenvalue weighted by Crippen LogP contribution is 2.32. The van der Waals surface area contributed by atoms with E-state index in [-0.39, 0.29) is 23.7 Å². The van der Waals surface area contributed by atoms with E-state index in [1.165, 1.54) is 0 Å². The van der Waals surface area contributed by atoms with Gasteiger partial charge in [0.1, 0.15) is 11.4 Å². The highest BCUT2D eigenvalue weighted by molar-refractivity contribution is 6.31. The summed E-state index contributed by atoms with van der Waals surface area (Å²) in [7, 11) is 0. The van der Waals surface area contributed by atoms with Gasteiger partial charge in [0, 0.05) is 16.1 Å². The summed E-state index contributed by atoms with van der Waals surface area (Å²) in [5.74, 6) is -0.457. The monoisotopic (exact) mass is 357 g/mol. The smallest absolute Gasteiger partial charge is 0.419 e. The third-order valence-electron chi connectivity index (χ3n) is 3.76. The van der Waals surface area contributed by atoms with Crippen LogP contribution in [0, 0.1) is 6.92 Å². The summed E-state index contributed by atoms with van der Waals surface area (Å²) in [4.78, 5) is 29.7. The molecule has 7 heteroatoms. The molecule has 0 saturated heterocycles. The molecule has 0 saturated carbocycles. The van der Waals surface area contributed by atoms with Crippen molar-refractivity contribution in [2.45, 2.75) is 13.8 Å². The van der Waals surface area contributed by atoms with Crippen LogP contribution in [0.1, 0.15) is 28.8 Å². The molecule has 128 valence electrons. The molecular formula is C18H16ClN3O3. The minimum atomic E-state index is -0.692. The first-order valence-corrected chi connectivity index (χ1v) is 8.06. The minimum Gasteiger partial charge on any atom is -0.449 e. The van der Waals surface area contributed by atoms with Gasteiger partial charge < -0.3 is 10.5 Å². The predicted molar refractivity (Wildman–Crippen MR) is 96.2 cm³/mol. The number of hydrogen-bond acceptors (Lipinski definition) is 5. The maximum atomic E-state index is 13.0. The Morgan fingerprint density at radius 3 is 2.72 bits per heavy atom. The van der Waals surface area contributed by atoms with E-state index in [2.05, 4.69) is 4.98 Å². The molecule has 2 heterocycles. The number of nitrogens with two attached hydrogens (primary N) is 1. The van der Waals surface area contributed by atoms with Gasteiger partial charge >= 0.3 is 6.09 Å². The summed E-state index contributed by atoms with van der Waals surface area (Å²) in [5, 5.41) is 0.969. The van der Waals surface area contributed by atoms with Crippen molar-refractivity contribution in [1.82, 2.24) is 9.55 Å². The number of ether oxygens (including phenoxy) is 1. The molecule has 1 aromatic carbocycles. The molecule has 6 nitrogen and oxygen atoms in total. The van der Waals surface area contributed by atoms with E-state index in [0.717, 1.165) is 4.57 Å². The van der Waals surface area contributed by atoms with Gasteiger partial charge in [-0.3, -0.25) is 4.79 Å². The van der Waals surface area contributed by atoms with Crippen molar-refractivity contribution in [2.24, 2.45) is 0 Å². The van der Waals surface area contributed by atoms with Crippen molar-refractivity contribution in [3.05, 3.63) is 58.5 Å². The van der Waals surface area contributed by atoms with Crippen LogP contribution >= 0.6 is 11.6 Å². The summed E-state index contributed by atoms with van der Waals surface area (Å²) in [6, 6.07) is 9.97. The van der Waals surface area contributed by atoms with Crippen LogP contribution in [-0.4, -0.2) is 28.0 Å². The van der Waals surface area contributed by atoms with Gasteiger partial charge in [-0.15, -0.1) is 0 Å². The molecule has 0 aliphatic carbocycles. The molecule has 0 aliphatic heterocycles. The number of anilines is 1. The second kappa shape index (κ2) is 6.57. The lowest BCUT2D eigenvalue weighted by atomic mass is 10.1. The first-order valence-electron chi connectivity index (χ1n) is 7.69. The van der Waals surface area contributed by atoms with Gasteiger partial charge in [0.25, 0.3) is 0 Å². The van der Waals surface area contributed by atoms with E-state index in [4.69, 9.17) is 22.1 Å². The number of aryl methyl sites for hydroxylation is 1. The molecule has 3 rings (SSSR count). The van der Waals surface area contributed by atoms with Crippen LogP contribution in [0.5, 0.6) is 0 Å². The van der Waals surface area contributed by atoms with Gasteiger partial charge in [0.05, 0.1) is 17.8 Å². The molecule has 2 aromatic heterocycles. The number of ketones is 1. The molecule has 3 aromatic rings. The molecule has 0 amide bonds. The average Bonchev–Trinajstić information content (AvgIpc) is 2.86. The molecule has 0 radical (unpaired) electrons. The number of carbonyl (C=O) groups is 2. The van der Waals surface area contributed by atoms with Crippen LogP contribution in [-0.2, 0) is 4.74 Å². The van der Waals surface area contributed by atoms with Crippen molar-refractivity contribution >= 4 is 40.1 Å². The van der Waals surface area contributed by atoms with E-state index in [1.54, 1.807) is 50.2 Å². The fraction of sp³-hybridized carbons (Fsp3) is 0.167. The van der Waals surface area contributed by atoms with Gasteiger partial charge in [-0.1, -0.05) is 17.7 Å². The van der Waals surface area contributed by atoms with Crippen LogP contribution in [0.3, 0.4) is 0 Å². The van der Waals surface area contributed by atoms with E-state index in [1.807, 2.05) is 0 Å². The van der Waals surface area contributed by atoms with Crippen LogP contribution in [0.4, 0.5) is 10.5 Å². The number of carbonyl (C=O) groups excluding carboxylic acids is 2. The molecule has 2 N–H and O–H groups in total. The van der Waals surface area contributed by atoms with Crippen LogP contribution in [0.15, 0.2) is 36.4 Å². The SMILES string of the molecule is CCOC(=O)n1c(C(=O)c2cccc(C)n2)c(N)c2ccc(Cl)cc21. The quantitative estimate of drug-likeness (QED) is 0.720. The highest BCUT2D eigenvalue weighted by Gasteiger charge is 2.27. The van der Waals surface area contributed by atoms with Gasteiger partial charge in [-0.05, 0) is 44.2 Å². The maximum absolute atomic E-state index is 13.0. The second-order valence-electron chi connectivity index (χ2n) is 5.45. The zero-order valence-electron chi connectivity index (χ0n) is 13.7. The Morgan fingerprint density at radius 2 is 2.04 bits per heavy atom. The fourth-order valence-electron chi connectivity index (χ4n) is 2.68. The second-order valence-corrected chi connectivity index (χ2v) is 5.89. The van der Waals surface area contributed by atoms with Crippen molar-refractivity contribution in [3.8, 4) is 0 Å². The Morgan fingerprint density at radius 1 is 1.28 bits per heavy atom. The number of hydrogen-bond donors (Lipinski definition) is 1. The molecular weight excluding hydrogens is 342 g/mol. The van der Waals surface area contributed by atoms with Crippen molar-refractivity contribution in [3.63, 3.8) is 0 Å². The Bertz CT molecular complexity index is 995. The molecule has 0 fully saturated rings. The molecule has 0 bridgehead atoms. The van der Waals surface area contributed by atoms with Crippen LogP contribution in [0.25, 0.3) is 10.9 Å². The fourth-order valence-corrected chi connectivity index (χ4v) is 2.84. The number of aromatic nitrogens is 2. The maximum Gasteiger partial charge on any atom is 0.419 e. The van der Waals surface area contributed by atoms with Gasteiger partial charge in [-0.25, -0.2) is 14.3 Å². The number of nitrogens with zero attached hydrogens (tertiary/aromatic N) is 2. The molecule has 0 atom stereocenters. The van der Waals surface area contributed by atoms with E-state index in [9.17, 15) is 9.59 Å². The Hall–Kier alpha value is -2.86. The summed E-state index contributed by atoms with van der Waals surface area (Å²) in [5.41, 5.74) is 7.69. The summed E-state index contributed by atoms with van der Waals surface area (Å²) < 4.78 is 6.25. The first kappa shape index (κ1) is 17.0. The number of halogens is 1. The number of benzene rings is 1. The average molecular weight is 358 g/mol. The topological polar surface area (TPSA) is 87.2 Å². The molecule has 25 heavy (non-hydrogen) atoms. The summed E-state index contributed by atoms with van der Waals surface area (Å²) in [6.45, 7) is 3.62. The van der Waals surface area contributed by atoms with E-state index >= 15 is 0 Å². The van der Waals surface area contributed by atoms with Crippen molar-refractivity contribution < 1.29 is 14.3 Å². The normalized spacial score (nSPS) is 10.8. The zero-order valence-corrected chi connectivity index (χ0v) is 14.5. The number of rotatable bonds is 3. The number of fused-ring (bicyclic) bond motifs is 1. The van der Waals surface area contributed by atoms with E-state index < -0.39 is 11.9 Å². The zero-order chi connectivity index (χ0) is 18.1. The minimum absolute atomic E-state index is 0.0221. The van der Waals surface area contributed by atoms with Crippen molar-refractivity contribution in [1.29, 1.82) is 0 Å². The molecule has 0 spiro atoms. The lowest BCUT2D eigenvalue weighted by Crippen LogP contribution is -2.20. The lowest BCUT2D eigenvalue weighted by molar-refractivity contribution is 0.102. The predicted octanol–water partition coefficient (Wildman–Crippen LogP) is 3.82. The third-order valence-corrected chi connectivity index (χ3v) is 3.99. The largest absolute Gasteiger partial charge is 0.449 e. The van der Waals surface area contributed by atoms with Crippen LogP contribution < -0.4 is 5.73 Å². The molecule has 0 unspecified atom stereocenters. The summed E-state index contributed by atoms with van der Waals surface area (Å²) in [6.07, 6.45) is -0.692. The summed E-state index contributed by atoms with van der Waals surface area (Å²) >= 11 is 6.05. The Kier molecular flexibility index (Phi) is 4.46. The van der Waals surface area contributed by atoms with E-state index in [0.29, 0.717) is 21.6 Å². The number of pyridine rings is 1. The van der Waals surface area contributed by atoms with Gasteiger partial charge in [0.2, 0.25) is 5.78 Å². The number of nitrogen functional groups attached to an aromatic ring is 1.